The molecule has 51 heavy (non-hydrogen) atoms. The van der Waals surface area contributed by atoms with E-state index in [0.29, 0.717) is 39.7 Å². The van der Waals surface area contributed by atoms with Crippen LogP contribution >= 0.6 is 23.1 Å². The number of carbonyl (C=O) groups is 3. The van der Waals surface area contributed by atoms with Gasteiger partial charge in [-0.1, -0.05) is 73.7 Å². The maximum atomic E-state index is 13.6. The second-order valence-electron chi connectivity index (χ2n) is 12.1. The predicted molar refractivity (Wildman–Crippen MR) is 202 cm³/mol. The van der Waals surface area contributed by atoms with Crippen molar-refractivity contribution in [2.75, 3.05) is 10.6 Å². The second-order valence-corrected chi connectivity index (χ2v) is 14.5. The maximum Gasteiger partial charge on any atom is 0.272 e. The van der Waals surface area contributed by atoms with E-state index >= 15 is 0 Å². The average molecular weight is 715 g/mol. The Bertz CT molecular complexity index is 2110. The van der Waals surface area contributed by atoms with Crippen molar-refractivity contribution in [1.29, 1.82) is 5.26 Å². The summed E-state index contributed by atoms with van der Waals surface area (Å²) in [6, 6.07) is 34.0. The Hall–Kier alpha value is -5.50. The summed E-state index contributed by atoms with van der Waals surface area (Å²) < 4.78 is 13.6. The normalized spacial score (nSPS) is 14.5. The van der Waals surface area contributed by atoms with Crippen molar-refractivity contribution in [3.05, 3.63) is 153 Å². The Morgan fingerprint density at radius 3 is 2.39 bits per heavy atom. The van der Waals surface area contributed by atoms with E-state index in [2.05, 4.69) is 46.3 Å². The number of hydrogen-bond donors (Lipinski definition) is 3. The summed E-state index contributed by atoms with van der Waals surface area (Å²) in [5, 5.41) is 18.8. The number of thiophene rings is 1. The summed E-state index contributed by atoms with van der Waals surface area (Å²) in [5.41, 5.74) is 4.23. The molecule has 0 saturated carbocycles. The van der Waals surface area contributed by atoms with Gasteiger partial charge in [0.15, 0.2) is 0 Å². The van der Waals surface area contributed by atoms with Crippen molar-refractivity contribution in [3.8, 4) is 6.07 Å². The fourth-order valence-electron chi connectivity index (χ4n) is 5.99. The molecule has 0 bridgehead atoms. The molecular formula is C41H35FN4O3S2. The molecule has 1 aromatic heterocycles. The van der Waals surface area contributed by atoms with Crippen LogP contribution in [-0.2, 0) is 22.4 Å². The molecule has 7 nitrogen and oxygen atoms in total. The number of fused-ring (bicyclic) bond motifs is 1. The van der Waals surface area contributed by atoms with Gasteiger partial charge >= 0.3 is 0 Å². The average Bonchev–Trinajstić information content (AvgIpc) is 3.51. The molecule has 3 N–H and O–H groups in total. The van der Waals surface area contributed by atoms with Crippen LogP contribution in [0.15, 0.2) is 120 Å². The van der Waals surface area contributed by atoms with Gasteiger partial charge in [0.05, 0.1) is 10.8 Å². The molecule has 3 amide bonds. The van der Waals surface area contributed by atoms with Crippen LogP contribution in [0.1, 0.15) is 63.2 Å². The van der Waals surface area contributed by atoms with Crippen molar-refractivity contribution < 1.29 is 18.8 Å². The van der Waals surface area contributed by atoms with Crippen LogP contribution in [0.5, 0.6) is 0 Å². The summed E-state index contributed by atoms with van der Waals surface area (Å²) in [6.07, 6.45) is 4.61. The van der Waals surface area contributed by atoms with E-state index in [1.165, 1.54) is 59.0 Å². The third kappa shape index (κ3) is 8.81. The van der Waals surface area contributed by atoms with Gasteiger partial charge < -0.3 is 16.0 Å². The van der Waals surface area contributed by atoms with Crippen molar-refractivity contribution in [2.45, 2.75) is 48.7 Å². The zero-order valence-electron chi connectivity index (χ0n) is 27.8. The van der Waals surface area contributed by atoms with Gasteiger partial charge in [-0.2, -0.15) is 5.26 Å². The third-order valence-corrected chi connectivity index (χ3v) is 11.2. The zero-order chi connectivity index (χ0) is 35.7. The molecule has 0 saturated heterocycles. The highest BCUT2D eigenvalue weighted by Gasteiger charge is 2.28. The van der Waals surface area contributed by atoms with Crippen LogP contribution in [0, 0.1) is 17.1 Å². The molecule has 0 aliphatic heterocycles. The summed E-state index contributed by atoms with van der Waals surface area (Å²) in [7, 11) is 0. The standard InChI is InChI=1S/C41H35FN4O3S2/c1-2-36(40(49)46-41-34(25-43)33-21-18-29(23-37(33)51-41)27-10-5-3-6-11-27)50-32-15-9-14-31(24-32)44-39(48)35(22-26-16-19-30(42)20-17-26)45-38(47)28-12-7-4-8-13-28/h3-17,19-20,22,24,29,36H,2,18,21,23H2,1H3,(H,44,48)(H,45,47)(H,46,49)/b35-22-. The minimum atomic E-state index is -0.573. The second kappa shape index (κ2) is 16.5. The van der Waals surface area contributed by atoms with Gasteiger partial charge in [-0.15, -0.1) is 23.1 Å². The number of halogens is 1. The highest BCUT2D eigenvalue weighted by Crippen LogP contribution is 2.42. The van der Waals surface area contributed by atoms with Gasteiger partial charge in [-0.05, 0) is 96.8 Å². The molecule has 6 rings (SSSR count). The zero-order valence-corrected chi connectivity index (χ0v) is 29.5. The van der Waals surface area contributed by atoms with E-state index in [9.17, 15) is 24.0 Å². The Morgan fingerprint density at radius 2 is 1.69 bits per heavy atom. The summed E-state index contributed by atoms with van der Waals surface area (Å²) in [5.74, 6) is -1.27. The number of thioether (sulfide) groups is 1. The number of rotatable bonds is 11. The minimum absolute atomic E-state index is 0.0265. The Morgan fingerprint density at radius 1 is 0.961 bits per heavy atom. The number of carbonyl (C=O) groups excluding carboxylic acids is 3. The molecule has 1 aliphatic carbocycles. The first-order chi connectivity index (χ1) is 24.8. The minimum Gasteiger partial charge on any atom is -0.321 e. The molecule has 10 heteroatoms. The van der Waals surface area contributed by atoms with Crippen LogP contribution in [0.4, 0.5) is 15.1 Å². The van der Waals surface area contributed by atoms with E-state index in [1.807, 2.05) is 19.1 Å². The molecule has 5 aromatic rings. The molecular weight excluding hydrogens is 680 g/mol. The summed E-state index contributed by atoms with van der Waals surface area (Å²) >= 11 is 2.86. The lowest BCUT2D eigenvalue weighted by molar-refractivity contribution is -0.116. The van der Waals surface area contributed by atoms with Crippen LogP contribution < -0.4 is 16.0 Å². The van der Waals surface area contributed by atoms with Crippen LogP contribution in [0.2, 0.25) is 0 Å². The molecule has 2 unspecified atom stereocenters. The van der Waals surface area contributed by atoms with Crippen molar-refractivity contribution in [2.24, 2.45) is 0 Å². The summed E-state index contributed by atoms with van der Waals surface area (Å²) in [4.78, 5) is 42.0. The van der Waals surface area contributed by atoms with Crippen molar-refractivity contribution in [1.82, 2.24) is 5.32 Å². The van der Waals surface area contributed by atoms with Gasteiger partial charge in [0.1, 0.15) is 22.6 Å². The molecule has 2 atom stereocenters. The van der Waals surface area contributed by atoms with Crippen molar-refractivity contribution in [3.63, 3.8) is 0 Å². The summed E-state index contributed by atoms with van der Waals surface area (Å²) in [6.45, 7) is 1.93. The van der Waals surface area contributed by atoms with Gasteiger partial charge in [0.2, 0.25) is 5.91 Å². The highest BCUT2D eigenvalue weighted by molar-refractivity contribution is 8.00. The van der Waals surface area contributed by atoms with Crippen LogP contribution in [-0.4, -0.2) is 23.0 Å². The van der Waals surface area contributed by atoms with Gasteiger partial charge in [0.25, 0.3) is 11.8 Å². The smallest absolute Gasteiger partial charge is 0.272 e. The molecule has 0 spiro atoms. The highest BCUT2D eigenvalue weighted by atomic mass is 32.2. The quantitative estimate of drug-likeness (QED) is 0.0935. The first-order valence-electron chi connectivity index (χ1n) is 16.6. The monoisotopic (exact) mass is 714 g/mol. The molecule has 1 heterocycles. The first-order valence-corrected chi connectivity index (χ1v) is 18.3. The van der Waals surface area contributed by atoms with Crippen molar-refractivity contribution >= 4 is 57.6 Å². The number of hydrogen-bond acceptors (Lipinski definition) is 6. The lowest BCUT2D eigenvalue weighted by atomic mass is 9.83. The van der Waals surface area contributed by atoms with Gasteiger partial charge in [-0.25, -0.2) is 4.39 Å². The van der Waals surface area contributed by atoms with Crippen LogP contribution in [0.25, 0.3) is 6.08 Å². The topological polar surface area (TPSA) is 111 Å². The molecule has 0 radical (unpaired) electrons. The van der Waals surface area contributed by atoms with E-state index < -0.39 is 22.9 Å². The van der Waals surface area contributed by atoms with Gasteiger partial charge in [-0.3, -0.25) is 14.4 Å². The van der Waals surface area contributed by atoms with E-state index in [1.54, 1.807) is 48.5 Å². The number of benzene rings is 4. The number of nitrogens with one attached hydrogen (secondary N) is 3. The SMILES string of the molecule is CCC(Sc1cccc(NC(=O)/C(=C/c2ccc(F)cc2)NC(=O)c2ccccc2)c1)C(=O)Nc1sc2c(c1C#N)CCC(c1ccccc1)C2. The number of amides is 3. The van der Waals surface area contributed by atoms with Gasteiger partial charge in [0, 0.05) is 21.0 Å². The van der Waals surface area contributed by atoms with E-state index in [4.69, 9.17) is 0 Å². The number of nitriles is 1. The lowest BCUT2D eigenvalue weighted by Gasteiger charge is -2.22. The lowest BCUT2D eigenvalue weighted by Crippen LogP contribution is -2.30. The number of nitrogens with zero attached hydrogens (tertiary/aromatic N) is 1. The first kappa shape index (κ1) is 35.3. The Kier molecular flexibility index (Phi) is 11.4. The fraction of sp³-hybridized carbons (Fsp3) is 0.171. The maximum absolute atomic E-state index is 13.6. The molecule has 256 valence electrons. The Balaban J connectivity index is 1.14. The Labute approximate surface area is 304 Å². The molecule has 1 aliphatic rings. The van der Waals surface area contributed by atoms with Crippen LogP contribution in [0.3, 0.4) is 0 Å². The largest absolute Gasteiger partial charge is 0.321 e. The van der Waals surface area contributed by atoms with E-state index in [0.717, 1.165) is 34.6 Å². The fourth-order valence-corrected chi connectivity index (χ4v) is 8.29. The molecule has 4 aromatic carbocycles. The van der Waals surface area contributed by atoms with E-state index in [-0.39, 0.29) is 11.6 Å². The number of anilines is 2. The third-order valence-electron chi connectivity index (χ3n) is 8.63. The molecule has 0 fully saturated rings. The predicted octanol–water partition coefficient (Wildman–Crippen LogP) is 8.95.